The molecule has 1 aromatic carbocycles. The third-order valence-corrected chi connectivity index (χ3v) is 4.00. The lowest BCUT2D eigenvalue weighted by molar-refractivity contribution is -0.119. The summed E-state index contributed by atoms with van der Waals surface area (Å²) >= 11 is 0. The van der Waals surface area contributed by atoms with Gasteiger partial charge in [-0.25, -0.2) is 8.42 Å². The van der Waals surface area contributed by atoms with Gasteiger partial charge >= 0.3 is 5.51 Å². The summed E-state index contributed by atoms with van der Waals surface area (Å²) in [5, 5.41) is 5.29. The van der Waals surface area contributed by atoms with Crippen LogP contribution in [-0.4, -0.2) is 32.9 Å². The third kappa shape index (κ3) is 4.62. The molecule has 21 heavy (non-hydrogen) atoms. The summed E-state index contributed by atoms with van der Waals surface area (Å²) in [5.74, 6) is -0.260. The van der Waals surface area contributed by atoms with Gasteiger partial charge in [0.05, 0.1) is 11.4 Å². The van der Waals surface area contributed by atoms with Gasteiger partial charge in [-0.3, -0.25) is 4.79 Å². The molecule has 1 rings (SSSR count). The Hall–Kier alpha value is -1.77. The van der Waals surface area contributed by atoms with Gasteiger partial charge in [-0.1, -0.05) is 6.92 Å². The maximum atomic E-state index is 12.3. The van der Waals surface area contributed by atoms with E-state index in [1.807, 2.05) is 6.92 Å². The van der Waals surface area contributed by atoms with Gasteiger partial charge in [0.2, 0.25) is 5.91 Å². The topological polar surface area (TPSA) is 75.3 Å². The molecule has 0 heterocycles. The molecule has 0 aromatic heterocycles. The van der Waals surface area contributed by atoms with Gasteiger partial charge in [0.15, 0.2) is 0 Å². The molecule has 0 unspecified atom stereocenters. The van der Waals surface area contributed by atoms with Crippen molar-refractivity contribution in [3.05, 3.63) is 24.3 Å². The van der Waals surface area contributed by atoms with E-state index in [4.69, 9.17) is 0 Å². The standard InChI is InChI=1S/C12H15F3N2O3S/c1-2-7-16-11(18)8-17-9-3-5-10(6-4-9)21(19,20)12(13,14)15/h3-6,17H,2,7-8H2,1H3,(H,16,18). The number of alkyl halides is 3. The van der Waals surface area contributed by atoms with Crippen LogP contribution in [0.2, 0.25) is 0 Å². The van der Waals surface area contributed by atoms with Crippen molar-refractivity contribution in [2.75, 3.05) is 18.4 Å². The monoisotopic (exact) mass is 324 g/mol. The number of anilines is 1. The number of sulfone groups is 1. The highest BCUT2D eigenvalue weighted by Gasteiger charge is 2.46. The summed E-state index contributed by atoms with van der Waals surface area (Å²) in [4.78, 5) is 10.5. The summed E-state index contributed by atoms with van der Waals surface area (Å²) in [6, 6.07) is 4.03. The number of hydrogen-bond acceptors (Lipinski definition) is 4. The van der Waals surface area contributed by atoms with Crippen molar-refractivity contribution in [1.82, 2.24) is 5.32 Å². The lowest BCUT2D eigenvalue weighted by atomic mass is 10.3. The van der Waals surface area contributed by atoms with Crippen LogP contribution in [0.3, 0.4) is 0 Å². The minimum Gasteiger partial charge on any atom is -0.376 e. The molecule has 0 fully saturated rings. The minimum absolute atomic E-state index is 0.0502. The van der Waals surface area contributed by atoms with Crippen LogP contribution >= 0.6 is 0 Å². The summed E-state index contributed by atoms with van der Waals surface area (Å²) in [7, 11) is -5.34. The van der Waals surface area contributed by atoms with E-state index < -0.39 is 20.2 Å². The molecule has 5 nitrogen and oxygen atoms in total. The number of rotatable bonds is 6. The molecule has 0 radical (unpaired) electrons. The van der Waals surface area contributed by atoms with E-state index in [2.05, 4.69) is 10.6 Å². The Kier molecular flexibility index (Phi) is 5.59. The fourth-order valence-electron chi connectivity index (χ4n) is 1.39. The van der Waals surface area contributed by atoms with Crippen LogP contribution in [0.25, 0.3) is 0 Å². The Morgan fingerprint density at radius 2 is 1.76 bits per heavy atom. The highest BCUT2D eigenvalue weighted by Crippen LogP contribution is 2.30. The fourth-order valence-corrected chi connectivity index (χ4v) is 2.16. The number of amides is 1. The smallest absolute Gasteiger partial charge is 0.376 e. The van der Waals surface area contributed by atoms with Crippen LogP contribution in [0.15, 0.2) is 29.2 Å². The molecule has 0 saturated carbocycles. The van der Waals surface area contributed by atoms with Crippen molar-refractivity contribution in [1.29, 1.82) is 0 Å². The Morgan fingerprint density at radius 1 is 1.19 bits per heavy atom. The van der Waals surface area contributed by atoms with Crippen LogP contribution in [0.4, 0.5) is 18.9 Å². The molecule has 0 aliphatic carbocycles. The highest BCUT2D eigenvalue weighted by atomic mass is 32.2. The zero-order valence-electron chi connectivity index (χ0n) is 11.2. The van der Waals surface area contributed by atoms with E-state index in [9.17, 15) is 26.4 Å². The Morgan fingerprint density at radius 3 is 2.24 bits per heavy atom. The van der Waals surface area contributed by atoms with Gasteiger partial charge in [0.25, 0.3) is 9.84 Å². The van der Waals surface area contributed by atoms with E-state index in [1.54, 1.807) is 0 Å². The number of benzene rings is 1. The average molecular weight is 324 g/mol. The van der Waals surface area contributed by atoms with Gasteiger partial charge in [-0.2, -0.15) is 13.2 Å². The van der Waals surface area contributed by atoms with E-state index in [0.29, 0.717) is 12.2 Å². The molecule has 0 bridgehead atoms. The minimum atomic E-state index is -5.34. The van der Waals surface area contributed by atoms with Gasteiger partial charge < -0.3 is 10.6 Å². The quantitative estimate of drug-likeness (QED) is 0.838. The Labute approximate surface area is 120 Å². The molecule has 0 aliphatic heterocycles. The number of carbonyl (C=O) groups is 1. The third-order valence-electron chi connectivity index (χ3n) is 2.49. The van der Waals surface area contributed by atoms with Crippen molar-refractivity contribution in [3.8, 4) is 0 Å². The molecule has 0 atom stereocenters. The Balaban J connectivity index is 2.69. The normalized spacial score (nSPS) is 12.0. The van der Waals surface area contributed by atoms with Crippen LogP contribution in [0.1, 0.15) is 13.3 Å². The molecular weight excluding hydrogens is 309 g/mol. The van der Waals surface area contributed by atoms with Gasteiger partial charge in [0, 0.05) is 12.2 Å². The zero-order chi connectivity index (χ0) is 16.1. The molecule has 9 heteroatoms. The average Bonchev–Trinajstić information content (AvgIpc) is 2.42. The molecular formula is C12H15F3N2O3S. The number of carbonyl (C=O) groups excluding carboxylic acids is 1. The van der Waals surface area contributed by atoms with Gasteiger partial charge in [-0.05, 0) is 30.7 Å². The second-order valence-electron chi connectivity index (χ2n) is 4.18. The van der Waals surface area contributed by atoms with Crippen molar-refractivity contribution < 1.29 is 26.4 Å². The van der Waals surface area contributed by atoms with Gasteiger partial charge in [0.1, 0.15) is 0 Å². The van der Waals surface area contributed by atoms with Crippen molar-refractivity contribution >= 4 is 21.4 Å². The molecule has 0 spiro atoms. The first-order chi connectivity index (χ1) is 9.68. The summed E-state index contributed by atoms with van der Waals surface area (Å²) in [6.07, 6.45) is 0.787. The molecule has 0 aliphatic rings. The van der Waals surface area contributed by atoms with E-state index in [0.717, 1.165) is 18.6 Å². The summed E-state index contributed by atoms with van der Waals surface area (Å²) < 4.78 is 59.3. The van der Waals surface area contributed by atoms with E-state index in [-0.39, 0.29) is 12.5 Å². The molecule has 1 aromatic rings. The molecule has 2 N–H and O–H groups in total. The number of hydrogen-bond donors (Lipinski definition) is 2. The lowest BCUT2D eigenvalue weighted by Gasteiger charge is -2.10. The first-order valence-electron chi connectivity index (χ1n) is 6.10. The second-order valence-corrected chi connectivity index (χ2v) is 6.12. The van der Waals surface area contributed by atoms with Gasteiger partial charge in [-0.15, -0.1) is 0 Å². The number of nitrogens with one attached hydrogen (secondary N) is 2. The summed E-state index contributed by atoms with van der Waals surface area (Å²) in [6.45, 7) is 2.38. The molecule has 1 amide bonds. The Bertz CT molecular complexity index is 583. The van der Waals surface area contributed by atoms with E-state index >= 15 is 0 Å². The first-order valence-corrected chi connectivity index (χ1v) is 7.58. The van der Waals surface area contributed by atoms with E-state index in [1.165, 1.54) is 12.1 Å². The van der Waals surface area contributed by atoms with Crippen LogP contribution in [-0.2, 0) is 14.6 Å². The second kappa shape index (κ2) is 6.79. The maximum Gasteiger partial charge on any atom is 0.501 e. The predicted octanol–water partition coefficient (Wildman–Crippen LogP) is 1.92. The first kappa shape index (κ1) is 17.3. The lowest BCUT2D eigenvalue weighted by Crippen LogP contribution is -2.30. The highest BCUT2D eigenvalue weighted by molar-refractivity contribution is 7.92. The molecule has 0 saturated heterocycles. The zero-order valence-corrected chi connectivity index (χ0v) is 12.0. The maximum absolute atomic E-state index is 12.3. The fraction of sp³-hybridized carbons (Fsp3) is 0.417. The predicted molar refractivity (Wildman–Crippen MR) is 71.5 cm³/mol. The largest absolute Gasteiger partial charge is 0.501 e. The van der Waals surface area contributed by atoms with Crippen LogP contribution in [0, 0.1) is 0 Å². The van der Waals surface area contributed by atoms with Crippen molar-refractivity contribution in [2.45, 2.75) is 23.7 Å². The number of halogens is 3. The molecule has 118 valence electrons. The van der Waals surface area contributed by atoms with Crippen molar-refractivity contribution in [2.24, 2.45) is 0 Å². The SMILES string of the molecule is CCCNC(=O)CNc1ccc(S(=O)(=O)C(F)(F)F)cc1. The van der Waals surface area contributed by atoms with Crippen LogP contribution in [0.5, 0.6) is 0 Å². The summed E-state index contributed by atoms with van der Waals surface area (Å²) in [5.41, 5.74) is -4.98. The van der Waals surface area contributed by atoms with Crippen molar-refractivity contribution in [3.63, 3.8) is 0 Å². The van der Waals surface area contributed by atoms with Crippen LogP contribution < -0.4 is 10.6 Å².